The number of methoxy groups -OCH3 is 1. The largest absolute Gasteiger partial charge is 0.497 e. The zero-order chi connectivity index (χ0) is 25.5. The van der Waals surface area contributed by atoms with Gasteiger partial charge in [-0.3, -0.25) is 24.0 Å². The van der Waals surface area contributed by atoms with Gasteiger partial charge in [0.15, 0.2) is 0 Å². The number of hydrogen-bond donors (Lipinski definition) is 1. The third kappa shape index (κ3) is 6.67. The lowest BCUT2D eigenvalue weighted by atomic mass is 10.1. The predicted octanol–water partition coefficient (Wildman–Crippen LogP) is 1.92. The summed E-state index contributed by atoms with van der Waals surface area (Å²) < 4.78 is 31.1. The van der Waals surface area contributed by atoms with Gasteiger partial charge in [0, 0.05) is 25.7 Å². The van der Waals surface area contributed by atoms with Crippen molar-refractivity contribution in [3.05, 3.63) is 64.2 Å². The number of hydrogen-bond acceptors (Lipinski definition) is 7. The molecule has 0 aromatic heterocycles. The maximum Gasteiger partial charge on any atom is 0.271 e. The molecule has 0 saturated carbocycles. The molecule has 2 aromatic carbocycles. The standard InChI is InChI=1S/C22H28N4O7S/c1-5-20(22(28)23-2)24(14-16-8-6-11-19(12-16)33-3)21(27)15-25(34(4,31)32)17-9-7-10-18(13-17)26(29)30/h6-13,20H,5,14-15H2,1-4H3,(H,23,28)/t20-/m1/s1. The summed E-state index contributed by atoms with van der Waals surface area (Å²) in [5.74, 6) is -0.484. The smallest absolute Gasteiger partial charge is 0.271 e. The molecule has 0 aliphatic carbocycles. The number of non-ortho nitro benzene ring substituents is 1. The van der Waals surface area contributed by atoms with Gasteiger partial charge in [-0.05, 0) is 30.2 Å². The Labute approximate surface area is 198 Å². The second kappa shape index (κ2) is 11.5. The highest BCUT2D eigenvalue weighted by atomic mass is 32.2. The van der Waals surface area contributed by atoms with E-state index in [0.29, 0.717) is 11.3 Å². The number of sulfonamides is 1. The van der Waals surface area contributed by atoms with Gasteiger partial charge in [0.05, 0.1) is 24.0 Å². The van der Waals surface area contributed by atoms with Crippen molar-refractivity contribution in [2.45, 2.75) is 25.9 Å². The summed E-state index contributed by atoms with van der Waals surface area (Å²) in [4.78, 5) is 37.8. The Morgan fingerprint density at radius 2 is 1.85 bits per heavy atom. The van der Waals surface area contributed by atoms with Crippen LogP contribution in [0.25, 0.3) is 0 Å². The van der Waals surface area contributed by atoms with E-state index < -0.39 is 39.3 Å². The highest BCUT2D eigenvalue weighted by molar-refractivity contribution is 7.92. The van der Waals surface area contributed by atoms with Gasteiger partial charge in [-0.15, -0.1) is 0 Å². The molecule has 0 bridgehead atoms. The first kappa shape index (κ1) is 26.6. The molecule has 2 rings (SSSR count). The zero-order valence-electron chi connectivity index (χ0n) is 19.4. The molecule has 34 heavy (non-hydrogen) atoms. The highest BCUT2D eigenvalue weighted by Crippen LogP contribution is 2.24. The zero-order valence-corrected chi connectivity index (χ0v) is 20.2. The van der Waals surface area contributed by atoms with E-state index in [4.69, 9.17) is 4.74 Å². The molecular weight excluding hydrogens is 464 g/mol. The van der Waals surface area contributed by atoms with E-state index in [2.05, 4.69) is 5.32 Å². The minimum Gasteiger partial charge on any atom is -0.497 e. The Bertz CT molecular complexity index is 1150. The molecule has 2 aromatic rings. The van der Waals surface area contributed by atoms with Crippen molar-refractivity contribution >= 4 is 33.2 Å². The van der Waals surface area contributed by atoms with Gasteiger partial charge in [0.1, 0.15) is 18.3 Å². The number of nitro groups is 1. The van der Waals surface area contributed by atoms with Crippen LogP contribution >= 0.6 is 0 Å². The first-order chi connectivity index (χ1) is 16.0. The van der Waals surface area contributed by atoms with Gasteiger partial charge >= 0.3 is 0 Å². The Hall–Kier alpha value is -3.67. The summed E-state index contributed by atoms with van der Waals surface area (Å²) >= 11 is 0. The summed E-state index contributed by atoms with van der Waals surface area (Å²) in [5.41, 5.74) is 0.333. The van der Waals surface area contributed by atoms with E-state index in [1.165, 1.54) is 37.3 Å². The monoisotopic (exact) mass is 492 g/mol. The molecule has 12 heteroatoms. The van der Waals surface area contributed by atoms with Crippen molar-refractivity contribution in [1.82, 2.24) is 10.2 Å². The van der Waals surface area contributed by atoms with Crippen molar-refractivity contribution in [2.75, 3.05) is 31.3 Å². The Balaban J connectivity index is 2.47. The third-order valence-corrected chi connectivity index (χ3v) is 6.27. The van der Waals surface area contributed by atoms with Gasteiger partial charge < -0.3 is 15.0 Å². The Morgan fingerprint density at radius 1 is 1.18 bits per heavy atom. The molecule has 184 valence electrons. The van der Waals surface area contributed by atoms with Crippen molar-refractivity contribution in [1.29, 1.82) is 0 Å². The van der Waals surface area contributed by atoms with Crippen LogP contribution in [0.4, 0.5) is 11.4 Å². The van der Waals surface area contributed by atoms with Crippen LogP contribution in [0.1, 0.15) is 18.9 Å². The average molecular weight is 493 g/mol. The van der Waals surface area contributed by atoms with E-state index in [0.717, 1.165) is 16.6 Å². The van der Waals surface area contributed by atoms with Crippen LogP contribution in [0.15, 0.2) is 48.5 Å². The fraction of sp³-hybridized carbons (Fsp3) is 0.364. The van der Waals surface area contributed by atoms with Gasteiger partial charge in [0.2, 0.25) is 21.8 Å². The van der Waals surface area contributed by atoms with E-state index in [1.54, 1.807) is 31.2 Å². The van der Waals surface area contributed by atoms with Crippen molar-refractivity contribution in [3.63, 3.8) is 0 Å². The molecule has 0 aliphatic rings. The van der Waals surface area contributed by atoms with Gasteiger partial charge in [-0.1, -0.05) is 25.1 Å². The summed E-state index contributed by atoms with van der Waals surface area (Å²) in [6.07, 6.45) is 1.19. The fourth-order valence-electron chi connectivity index (χ4n) is 3.43. The molecule has 11 nitrogen and oxygen atoms in total. The number of amides is 2. The molecular formula is C22H28N4O7S. The van der Waals surface area contributed by atoms with Crippen LogP contribution in [0, 0.1) is 10.1 Å². The van der Waals surface area contributed by atoms with E-state index >= 15 is 0 Å². The summed E-state index contributed by atoms with van der Waals surface area (Å²) in [6.45, 7) is 1.12. The Morgan fingerprint density at radius 3 is 2.41 bits per heavy atom. The second-order valence-corrected chi connectivity index (χ2v) is 9.36. The van der Waals surface area contributed by atoms with Crippen LogP contribution in [0.2, 0.25) is 0 Å². The first-order valence-electron chi connectivity index (χ1n) is 10.4. The van der Waals surface area contributed by atoms with Crippen LogP contribution in [0.3, 0.4) is 0 Å². The first-order valence-corrected chi connectivity index (χ1v) is 12.2. The van der Waals surface area contributed by atoms with Crippen LogP contribution in [0.5, 0.6) is 5.75 Å². The number of ether oxygens (including phenoxy) is 1. The number of benzene rings is 2. The van der Waals surface area contributed by atoms with Crippen molar-refractivity contribution < 1.29 is 27.7 Å². The summed E-state index contributed by atoms with van der Waals surface area (Å²) in [6, 6.07) is 11.1. The minimum absolute atomic E-state index is 0.0223. The number of anilines is 1. The molecule has 0 fully saturated rings. The lowest BCUT2D eigenvalue weighted by Gasteiger charge is -2.32. The van der Waals surface area contributed by atoms with E-state index in [9.17, 15) is 28.1 Å². The van der Waals surface area contributed by atoms with Gasteiger partial charge in [-0.2, -0.15) is 0 Å². The lowest BCUT2D eigenvalue weighted by Crippen LogP contribution is -2.51. The topological polar surface area (TPSA) is 139 Å². The quantitative estimate of drug-likeness (QED) is 0.373. The molecule has 0 radical (unpaired) electrons. The fourth-order valence-corrected chi connectivity index (χ4v) is 4.27. The van der Waals surface area contributed by atoms with Gasteiger partial charge in [0.25, 0.3) is 5.69 Å². The van der Waals surface area contributed by atoms with Gasteiger partial charge in [-0.25, -0.2) is 8.42 Å². The minimum atomic E-state index is -3.99. The van der Waals surface area contributed by atoms with Crippen molar-refractivity contribution in [3.8, 4) is 5.75 Å². The SMILES string of the molecule is CC[C@H](C(=O)NC)N(Cc1cccc(OC)c1)C(=O)CN(c1cccc([N+](=O)[O-])c1)S(C)(=O)=O. The molecule has 0 spiro atoms. The maximum absolute atomic E-state index is 13.4. The molecule has 2 amide bonds. The van der Waals surface area contributed by atoms with E-state index in [-0.39, 0.29) is 24.3 Å². The number of carbonyl (C=O) groups excluding carboxylic acids is 2. The number of carbonyl (C=O) groups is 2. The number of nitro benzene ring substituents is 1. The predicted molar refractivity (Wildman–Crippen MR) is 127 cm³/mol. The highest BCUT2D eigenvalue weighted by Gasteiger charge is 2.31. The molecule has 0 saturated heterocycles. The Kier molecular flexibility index (Phi) is 8.96. The lowest BCUT2D eigenvalue weighted by molar-refractivity contribution is -0.384. The van der Waals surface area contributed by atoms with Crippen LogP contribution in [-0.4, -0.2) is 63.1 Å². The third-order valence-electron chi connectivity index (χ3n) is 5.13. The average Bonchev–Trinajstić information content (AvgIpc) is 2.81. The molecule has 1 atom stereocenters. The normalized spacial score (nSPS) is 11.9. The second-order valence-electron chi connectivity index (χ2n) is 7.46. The summed E-state index contributed by atoms with van der Waals surface area (Å²) in [7, 11) is -1.03. The number of nitrogens with zero attached hydrogens (tertiary/aromatic N) is 3. The molecule has 0 unspecified atom stereocenters. The molecule has 0 aliphatic heterocycles. The number of rotatable bonds is 11. The van der Waals surface area contributed by atoms with Crippen molar-refractivity contribution in [2.24, 2.45) is 0 Å². The maximum atomic E-state index is 13.4. The number of nitrogens with one attached hydrogen (secondary N) is 1. The number of likely N-dealkylation sites (N-methyl/N-ethyl adjacent to an activating group) is 1. The summed E-state index contributed by atoms with van der Waals surface area (Å²) in [5, 5.41) is 13.7. The van der Waals surface area contributed by atoms with E-state index in [1.807, 2.05) is 0 Å². The molecule has 0 heterocycles. The van der Waals surface area contributed by atoms with Crippen LogP contribution in [-0.2, 0) is 26.2 Å². The van der Waals surface area contributed by atoms with Crippen LogP contribution < -0.4 is 14.4 Å². The molecule has 1 N–H and O–H groups in total.